The third kappa shape index (κ3) is 5.33. The number of nitrogens with two attached hydrogens (primary N) is 1. The summed E-state index contributed by atoms with van der Waals surface area (Å²) in [6, 6.07) is 14.8. The normalized spacial score (nSPS) is 11.9. The molecule has 0 heterocycles. The molecule has 3 N–H and O–H groups in total. The molecule has 25 heavy (non-hydrogen) atoms. The predicted octanol–water partition coefficient (Wildman–Crippen LogP) is 1.43. The summed E-state index contributed by atoms with van der Waals surface area (Å²) < 4.78 is 28.4. The van der Waals surface area contributed by atoms with Crippen molar-refractivity contribution < 1.29 is 12.7 Å². The Kier molecular flexibility index (Phi) is 5.71. The highest BCUT2D eigenvalue weighted by atomic mass is 32.2. The number of hydrogen-bond acceptors (Lipinski definition) is 6. The van der Waals surface area contributed by atoms with E-state index in [1.54, 1.807) is 36.4 Å². The summed E-state index contributed by atoms with van der Waals surface area (Å²) in [7, 11) is -4.05. The van der Waals surface area contributed by atoms with Gasteiger partial charge in [-0.05, 0) is 41.9 Å². The summed E-state index contributed by atoms with van der Waals surface area (Å²) in [5.74, 6) is -0.333. The van der Waals surface area contributed by atoms with Gasteiger partial charge in [0.05, 0.1) is 17.8 Å². The van der Waals surface area contributed by atoms with E-state index in [1.807, 2.05) is 13.0 Å². The van der Waals surface area contributed by atoms with E-state index in [0.717, 1.165) is 5.56 Å². The number of nitrogens with zero attached hydrogens (tertiary/aromatic N) is 3. The Morgan fingerprint density at radius 1 is 1.20 bits per heavy atom. The standard InChI is InChI=1S/C16H15N5O3S/c1-12-2-8-15(9-3-12)25(22,23)24-21-16(18)20-19-11-14-6-4-13(10-17)5-7-14/h2-9,11H,1H3,(H3,18,20,21). The van der Waals surface area contributed by atoms with E-state index < -0.39 is 10.1 Å². The molecule has 0 atom stereocenters. The Bertz CT molecular complexity index is 927. The lowest BCUT2D eigenvalue weighted by atomic mass is 10.2. The Morgan fingerprint density at radius 3 is 2.44 bits per heavy atom. The summed E-state index contributed by atoms with van der Waals surface area (Å²) in [6.07, 6.45) is 1.43. The zero-order chi connectivity index (χ0) is 18.3. The average Bonchev–Trinajstić information content (AvgIpc) is 2.61. The van der Waals surface area contributed by atoms with Gasteiger partial charge in [0, 0.05) is 0 Å². The molecule has 0 saturated heterocycles. The van der Waals surface area contributed by atoms with Gasteiger partial charge in [0.1, 0.15) is 4.90 Å². The summed E-state index contributed by atoms with van der Waals surface area (Å²) in [4.78, 5) is -0.0317. The highest BCUT2D eigenvalue weighted by Gasteiger charge is 2.15. The van der Waals surface area contributed by atoms with Crippen LogP contribution in [0.15, 0.2) is 63.7 Å². The van der Waals surface area contributed by atoms with Crippen molar-refractivity contribution in [2.24, 2.45) is 16.0 Å². The Hall–Kier alpha value is -3.38. The molecule has 0 saturated carbocycles. The first-order valence-corrected chi connectivity index (χ1v) is 8.44. The fourth-order valence-corrected chi connectivity index (χ4v) is 2.41. The largest absolute Gasteiger partial charge is 0.366 e. The molecule has 0 aliphatic heterocycles. The van der Waals surface area contributed by atoms with Crippen LogP contribution in [0.1, 0.15) is 16.7 Å². The van der Waals surface area contributed by atoms with Crippen molar-refractivity contribution in [3.63, 3.8) is 0 Å². The van der Waals surface area contributed by atoms with Crippen LogP contribution in [0.3, 0.4) is 0 Å². The van der Waals surface area contributed by atoms with E-state index in [-0.39, 0.29) is 10.9 Å². The summed E-state index contributed by atoms with van der Waals surface area (Å²) in [6.45, 7) is 1.84. The van der Waals surface area contributed by atoms with Crippen LogP contribution >= 0.6 is 0 Å². The molecular weight excluding hydrogens is 342 g/mol. The number of oxime groups is 1. The number of hydrazone groups is 1. The van der Waals surface area contributed by atoms with Crippen molar-refractivity contribution in [1.82, 2.24) is 5.43 Å². The van der Waals surface area contributed by atoms with Gasteiger partial charge in [-0.25, -0.2) is 5.43 Å². The van der Waals surface area contributed by atoms with Crippen molar-refractivity contribution in [2.45, 2.75) is 11.8 Å². The van der Waals surface area contributed by atoms with Gasteiger partial charge in [-0.3, -0.25) is 4.28 Å². The van der Waals surface area contributed by atoms with Crippen LogP contribution in [0.2, 0.25) is 0 Å². The third-order valence-corrected chi connectivity index (χ3v) is 4.10. The Morgan fingerprint density at radius 2 is 1.84 bits per heavy atom. The van der Waals surface area contributed by atoms with E-state index in [9.17, 15) is 8.42 Å². The average molecular weight is 357 g/mol. The number of nitriles is 1. The molecule has 0 bridgehead atoms. The molecule has 2 rings (SSSR count). The third-order valence-electron chi connectivity index (χ3n) is 2.98. The van der Waals surface area contributed by atoms with Crippen molar-refractivity contribution in [3.05, 3.63) is 65.2 Å². The molecule has 2 aromatic rings. The fourth-order valence-electron chi connectivity index (χ4n) is 1.67. The number of nitrogens with one attached hydrogen (secondary N) is 1. The Labute approximate surface area is 145 Å². The molecule has 0 amide bonds. The van der Waals surface area contributed by atoms with Crippen molar-refractivity contribution in [1.29, 1.82) is 5.26 Å². The number of aryl methyl sites for hydroxylation is 1. The molecule has 0 aliphatic carbocycles. The highest BCUT2D eigenvalue weighted by Crippen LogP contribution is 2.13. The zero-order valence-corrected chi connectivity index (χ0v) is 14.1. The van der Waals surface area contributed by atoms with Crippen molar-refractivity contribution in [3.8, 4) is 6.07 Å². The van der Waals surface area contributed by atoms with E-state index in [4.69, 9.17) is 11.0 Å². The topological polar surface area (TPSA) is 130 Å². The minimum absolute atomic E-state index is 0.0317. The van der Waals surface area contributed by atoms with Crippen LogP contribution in [-0.4, -0.2) is 20.6 Å². The summed E-state index contributed by atoms with van der Waals surface area (Å²) in [5.41, 5.74) is 9.98. The monoisotopic (exact) mass is 357 g/mol. The number of hydrogen-bond donors (Lipinski definition) is 2. The maximum atomic E-state index is 11.9. The fraction of sp³-hybridized carbons (Fsp3) is 0.0625. The summed E-state index contributed by atoms with van der Waals surface area (Å²) in [5, 5.41) is 15.8. The van der Waals surface area contributed by atoms with Gasteiger partial charge in [0.2, 0.25) is 0 Å². The lowest BCUT2D eigenvalue weighted by Gasteiger charge is -2.03. The molecule has 0 aromatic heterocycles. The molecule has 9 heteroatoms. The smallest absolute Gasteiger partial charge is 0.358 e. The lowest BCUT2D eigenvalue weighted by molar-refractivity contribution is 0.336. The molecule has 128 valence electrons. The molecule has 0 fully saturated rings. The zero-order valence-electron chi connectivity index (χ0n) is 13.2. The maximum Gasteiger partial charge on any atom is 0.358 e. The number of guanidine groups is 1. The highest BCUT2D eigenvalue weighted by molar-refractivity contribution is 7.86. The summed E-state index contributed by atoms with van der Waals surface area (Å²) >= 11 is 0. The van der Waals surface area contributed by atoms with Crippen LogP contribution in [0.25, 0.3) is 0 Å². The molecule has 8 nitrogen and oxygen atoms in total. The van der Waals surface area contributed by atoms with Gasteiger partial charge in [0.25, 0.3) is 5.96 Å². The maximum absolute atomic E-state index is 11.9. The van der Waals surface area contributed by atoms with E-state index >= 15 is 0 Å². The van der Waals surface area contributed by atoms with Gasteiger partial charge in [-0.15, -0.1) is 0 Å². The van der Waals surface area contributed by atoms with Crippen LogP contribution in [-0.2, 0) is 14.4 Å². The molecule has 2 aromatic carbocycles. The number of benzene rings is 2. The van der Waals surface area contributed by atoms with E-state index in [1.165, 1.54) is 18.3 Å². The van der Waals surface area contributed by atoms with Gasteiger partial charge >= 0.3 is 10.1 Å². The van der Waals surface area contributed by atoms with Crippen molar-refractivity contribution >= 4 is 22.3 Å². The second-order valence-electron chi connectivity index (χ2n) is 4.92. The molecular formula is C16H15N5O3S. The van der Waals surface area contributed by atoms with Crippen LogP contribution < -0.4 is 11.2 Å². The first-order valence-electron chi connectivity index (χ1n) is 7.04. The first-order chi connectivity index (χ1) is 11.9. The van der Waals surface area contributed by atoms with Gasteiger partial charge in [-0.1, -0.05) is 29.8 Å². The Balaban J connectivity index is 1.95. The van der Waals surface area contributed by atoms with Gasteiger partial charge < -0.3 is 5.73 Å². The lowest BCUT2D eigenvalue weighted by Crippen LogP contribution is -2.28. The van der Waals surface area contributed by atoms with Crippen LogP contribution in [0.4, 0.5) is 0 Å². The molecule has 0 radical (unpaired) electrons. The molecule has 0 spiro atoms. The molecule has 0 aliphatic rings. The minimum Gasteiger partial charge on any atom is -0.366 e. The number of rotatable bonds is 5. The second-order valence-corrected chi connectivity index (χ2v) is 6.45. The van der Waals surface area contributed by atoms with Crippen LogP contribution in [0, 0.1) is 18.3 Å². The van der Waals surface area contributed by atoms with Gasteiger partial charge in [0.15, 0.2) is 0 Å². The molecule has 0 unspecified atom stereocenters. The van der Waals surface area contributed by atoms with E-state index in [2.05, 4.69) is 20.0 Å². The van der Waals surface area contributed by atoms with Crippen molar-refractivity contribution in [2.75, 3.05) is 0 Å². The van der Waals surface area contributed by atoms with Crippen LogP contribution in [0.5, 0.6) is 0 Å². The van der Waals surface area contributed by atoms with Gasteiger partial charge in [-0.2, -0.15) is 18.8 Å². The first kappa shape index (κ1) is 18.0. The second kappa shape index (κ2) is 7.94. The minimum atomic E-state index is -4.05. The predicted molar refractivity (Wildman–Crippen MR) is 93.0 cm³/mol. The quantitative estimate of drug-likeness (QED) is 0.473. The van der Waals surface area contributed by atoms with E-state index in [0.29, 0.717) is 11.1 Å². The SMILES string of the molecule is Cc1ccc(S(=O)(=O)ON=C(N)NN=Cc2ccc(C#N)cc2)cc1.